The molecule has 1 aromatic heterocycles. The van der Waals surface area contributed by atoms with Crippen molar-refractivity contribution in [3.63, 3.8) is 0 Å². The molecule has 2 saturated heterocycles. The molecule has 0 spiro atoms. The SMILES string of the molecule is Cc1nn(C)c(C)c1CN1CCN(C(=O)C2CCNC2)CC1. The second kappa shape index (κ2) is 6.38. The topological polar surface area (TPSA) is 53.4 Å². The maximum atomic E-state index is 12.4. The number of amides is 1. The Bertz CT molecular complexity index is 539. The molecule has 6 nitrogen and oxygen atoms in total. The van der Waals surface area contributed by atoms with E-state index in [2.05, 4.69) is 34.1 Å². The van der Waals surface area contributed by atoms with E-state index >= 15 is 0 Å². The van der Waals surface area contributed by atoms with Crippen LogP contribution in [0.1, 0.15) is 23.4 Å². The van der Waals surface area contributed by atoms with Gasteiger partial charge in [-0.2, -0.15) is 5.10 Å². The van der Waals surface area contributed by atoms with Gasteiger partial charge in [0.1, 0.15) is 0 Å². The highest BCUT2D eigenvalue weighted by Gasteiger charge is 2.29. The molecule has 2 aliphatic heterocycles. The molecular weight excluding hydrogens is 278 g/mol. The number of nitrogens with zero attached hydrogens (tertiary/aromatic N) is 4. The minimum Gasteiger partial charge on any atom is -0.340 e. The summed E-state index contributed by atoms with van der Waals surface area (Å²) >= 11 is 0. The van der Waals surface area contributed by atoms with Crippen molar-refractivity contribution in [2.75, 3.05) is 39.3 Å². The lowest BCUT2D eigenvalue weighted by Gasteiger charge is -2.36. The van der Waals surface area contributed by atoms with Crippen LogP contribution < -0.4 is 5.32 Å². The maximum Gasteiger partial charge on any atom is 0.227 e. The molecule has 3 rings (SSSR count). The summed E-state index contributed by atoms with van der Waals surface area (Å²) in [6.07, 6.45) is 0.993. The Morgan fingerprint density at radius 1 is 1.27 bits per heavy atom. The number of hydrogen-bond acceptors (Lipinski definition) is 4. The third kappa shape index (κ3) is 3.03. The zero-order valence-electron chi connectivity index (χ0n) is 13.9. The molecule has 0 aromatic carbocycles. The smallest absolute Gasteiger partial charge is 0.227 e. The summed E-state index contributed by atoms with van der Waals surface area (Å²) in [5.74, 6) is 0.549. The van der Waals surface area contributed by atoms with E-state index in [1.54, 1.807) is 0 Å². The van der Waals surface area contributed by atoms with Gasteiger partial charge in [0.2, 0.25) is 5.91 Å². The molecule has 1 unspecified atom stereocenters. The molecule has 1 aromatic rings. The molecule has 1 amide bonds. The van der Waals surface area contributed by atoms with Crippen LogP contribution in [0.4, 0.5) is 0 Å². The highest BCUT2D eigenvalue weighted by Crippen LogP contribution is 2.18. The molecule has 0 aliphatic carbocycles. The van der Waals surface area contributed by atoms with E-state index in [4.69, 9.17) is 0 Å². The van der Waals surface area contributed by atoms with Gasteiger partial charge in [-0.3, -0.25) is 14.4 Å². The van der Waals surface area contributed by atoms with Gasteiger partial charge < -0.3 is 10.2 Å². The number of rotatable bonds is 3. The van der Waals surface area contributed by atoms with E-state index in [0.29, 0.717) is 5.91 Å². The summed E-state index contributed by atoms with van der Waals surface area (Å²) in [7, 11) is 2.00. The van der Waals surface area contributed by atoms with Crippen LogP contribution >= 0.6 is 0 Å². The summed E-state index contributed by atoms with van der Waals surface area (Å²) in [6.45, 7) is 10.6. The average Bonchev–Trinajstić information content (AvgIpc) is 3.12. The standard InChI is InChI=1S/C16H27N5O/c1-12-15(13(2)19(3)18-12)11-20-6-8-21(9-7-20)16(22)14-4-5-17-10-14/h14,17H,4-11H2,1-3H3. The summed E-state index contributed by atoms with van der Waals surface area (Å²) in [5.41, 5.74) is 3.70. The maximum absolute atomic E-state index is 12.4. The average molecular weight is 305 g/mol. The van der Waals surface area contributed by atoms with E-state index < -0.39 is 0 Å². The fourth-order valence-corrected chi connectivity index (χ4v) is 3.52. The van der Waals surface area contributed by atoms with Gasteiger partial charge in [0.25, 0.3) is 0 Å². The molecule has 1 atom stereocenters. The Balaban J connectivity index is 1.54. The third-order valence-corrected chi connectivity index (χ3v) is 5.13. The summed E-state index contributed by atoms with van der Waals surface area (Å²) in [6, 6.07) is 0. The molecule has 2 fully saturated rings. The molecule has 0 saturated carbocycles. The van der Waals surface area contributed by atoms with Gasteiger partial charge in [-0.05, 0) is 26.8 Å². The molecular formula is C16H27N5O. The monoisotopic (exact) mass is 305 g/mol. The Morgan fingerprint density at radius 3 is 2.55 bits per heavy atom. The zero-order chi connectivity index (χ0) is 15.7. The Morgan fingerprint density at radius 2 is 2.00 bits per heavy atom. The number of aryl methyl sites for hydroxylation is 2. The lowest BCUT2D eigenvalue weighted by atomic mass is 10.1. The predicted octanol–water partition coefficient (Wildman–Crippen LogP) is 0.291. The third-order valence-electron chi connectivity index (χ3n) is 5.13. The van der Waals surface area contributed by atoms with Gasteiger partial charge in [0.15, 0.2) is 0 Å². The zero-order valence-corrected chi connectivity index (χ0v) is 13.9. The van der Waals surface area contributed by atoms with Crippen molar-refractivity contribution in [2.45, 2.75) is 26.8 Å². The van der Waals surface area contributed by atoms with Crippen molar-refractivity contribution in [3.8, 4) is 0 Å². The number of carbonyl (C=O) groups excluding carboxylic acids is 1. The van der Waals surface area contributed by atoms with Crippen molar-refractivity contribution in [3.05, 3.63) is 17.0 Å². The summed E-state index contributed by atoms with van der Waals surface area (Å²) < 4.78 is 1.96. The van der Waals surface area contributed by atoms with Gasteiger partial charge in [-0.25, -0.2) is 0 Å². The van der Waals surface area contributed by atoms with E-state index in [0.717, 1.165) is 57.9 Å². The van der Waals surface area contributed by atoms with Crippen molar-refractivity contribution in [1.29, 1.82) is 0 Å². The van der Waals surface area contributed by atoms with E-state index in [1.807, 2.05) is 11.7 Å². The second-order valence-electron chi connectivity index (χ2n) is 6.56. The second-order valence-corrected chi connectivity index (χ2v) is 6.56. The van der Waals surface area contributed by atoms with Crippen LogP contribution in [0.3, 0.4) is 0 Å². The fourth-order valence-electron chi connectivity index (χ4n) is 3.52. The number of hydrogen-bond donors (Lipinski definition) is 1. The van der Waals surface area contributed by atoms with Crippen molar-refractivity contribution in [2.24, 2.45) is 13.0 Å². The lowest BCUT2D eigenvalue weighted by molar-refractivity contribution is -0.136. The van der Waals surface area contributed by atoms with Crippen molar-refractivity contribution < 1.29 is 4.79 Å². The minimum absolute atomic E-state index is 0.203. The first-order valence-electron chi connectivity index (χ1n) is 8.27. The first-order chi connectivity index (χ1) is 10.6. The highest BCUT2D eigenvalue weighted by molar-refractivity contribution is 5.79. The van der Waals surface area contributed by atoms with Crippen LogP contribution in [-0.2, 0) is 18.4 Å². The molecule has 3 heterocycles. The van der Waals surface area contributed by atoms with Gasteiger partial charge in [-0.1, -0.05) is 0 Å². The Kier molecular flexibility index (Phi) is 4.49. The lowest BCUT2D eigenvalue weighted by Crippen LogP contribution is -2.50. The molecule has 2 aliphatic rings. The number of carbonyl (C=O) groups is 1. The number of aromatic nitrogens is 2. The van der Waals surface area contributed by atoms with Crippen LogP contribution in [0.25, 0.3) is 0 Å². The highest BCUT2D eigenvalue weighted by atomic mass is 16.2. The molecule has 6 heteroatoms. The predicted molar refractivity (Wildman–Crippen MR) is 85.5 cm³/mol. The van der Waals surface area contributed by atoms with Crippen molar-refractivity contribution in [1.82, 2.24) is 24.9 Å². The van der Waals surface area contributed by atoms with Gasteiger partial charge in [-0.15, -0.1) is 0 Å². The minimum atomic E-state index is 0.203. The summed E-state index contributed by atoms with van der Waals surface area (Å²) in [5, 5.41) is 7.77. The van der Waals surface area contributed by atoms with Gasteiger partial charge >= 0.3 is 0 Å². The van der Waals surface area contributed by atoms with E-state index in [-0.39, 0.29) is 5.92 Å². The molecule has 22 heavy (non-hydrogen) atoms. The van der Waals surface area contributed by atoms with Crippen LogP contribution in [0.2, 0.25) is 0 Å². The summed E-state index contributed by atoms with van der Waals surface area (Å²) in [4.78, 5) is 16.9. The number of piperazine rings is 1. The van der Waals surface area contributed by atoms with Gasteiger partial charge in [0.05, 0.1) is 11.6 Å². The fraction of sp³-hybridized carbons (Fsp3) is 0.750. The molecule has 122 valence electrons. The van der Waals surface area contributed by atoms with E-state index in [1.165, 1.54) is 11.3 Å². The van der Waals surface area contributed by atoms with Crippen LogP contribution in [-0.4, -0.2) is 64.8 Å². The molecule has 1 N–H and O–H groups in total. The molecule has 0 radical (unpaired) electrons. The normalized spacial score (nSPS) is 23.2. The molecule has 0 bridgehead atoms. The van der Waals surface area contributed by atoms with Crippen LogP contribution in [0.5, 0.6) is 0 Å². The van der Waals surface area contributed by atoms with Gasteiger partial charge in [0, 0.05) is 57.6 Å². The first-order valence-corrected chi connectivity index (χ1v) is 8.27. The van der Waals surface area contributed by atoms with Crippen LogP contribution in [0, 0.1) is 19.8 Å². The quantitative estimate of drug-likeness (QED) is 0.872. The Hall–Kier alpha value is -1.40. The largest absolute Gasteiger partial charge is 0.340 e. The Labute approximate surface area is 132 Å². The van der Waals surface area contributed by atoms with Crippen LogP contribution in [0.15, 0.2) is 0 Å². The van der Waals surface area contributed by atoms with Crippen molar-refractivity contribution >= 4 is 5.91 Å². The number of nitrogens with one attached hydrogen (secondary N) is 1. The first kappa shape index (κ1) is 15.5. The van der Waals surface area contributed by atoms with E-state index in [9.17, 15) is 4.79 Å².